The van der Waals surface area contributed by atoms with Crippen LogP contribution >= 0.6 is 11.6 Å². The summed E-state index contributed by atoms with van der Waals surface area (Å²) in [6, 6.07) is 3.45. The fourth-order valence-corrected chi connectivity index (χ4v) is 2.81. The number of rotatable bonds is 5. The van der Waals surface area contributed by atoms with E-state index >= 15 is 0 Å². The molecule has 6 heteroatoms. The molecule has 114 valence electrons. The Morgan fingerprint density at radius 1 is 1.62 bits per heavy atom. The number of carbonyl (C=O) groups is 2. The van der Waals surface area contributed by atoms with Crippen LogP contribution in [-0.4, -0.2) is 22.5 Å². The predicted octanol–water partition coefficient (Wildman–Crippen LogP) is 2.33. The number of cyclic esters (lactones) is 1. The van der Waals surface area contributed by atoms with Crippen molar-refractivity contribution in [3.63, 3.8) is 0 Å². The second-order valence-corrected chi connectivity index (χ2v) is 5.95. The van der Waals surface area contributed by atoms with Crippen LogP contribution in [0.1, 0.15) is 32.8 Å². The van der Waals surface area contributed by atoms with Gasteiger partial charge in [-0.05, 0) is 30.5 Å². The smallest absolute Gasteiger partial charge is 0.314 e. The van der Waals surface area contributed by atoms with Crippen molar-refractivity contribution in [2.45, 2.75) is 39.3 Å². The van der Waals surface area contributed by atoms with E-state index in [2.05, 4.69) is 10.3 Å². The van der Waals surface area contributed by atoms with Gasteiger partial charge in [0.15, 0.2) is 0 Å². The Morgan fingerprint density at radius 3 is 2.90 bits per heavy atom. The molecule has 2 rings (SSSR count). The lowest BCUT2D eigenvalue weighted by atomic mass is 9.74. The minimum atomic E-state index is -1.08. The molecular formula is C15H19ClN2O3. The van der Waals surface area contributed by atoms with Crippen molar-refractivity contribution in [3.8, 4) is 0 Å². The van der Waals surface area contributed by atoms with Gasteiger partial charge in [0, 0.05) is 12.7 Å². The maximum absolute atomic E-state index is 12.3. The van der Waals surface area contributed by atoms with E-state index in [1.807, 2.05) is 13.8 Å². The molecule has 0 radical (unpaired) electrons. The highest BCUT2D eigenvalue weighted by Crippen LogP contribution is 2.40. The normalized spacial score (nSPS) is 25.7. The molecule has 21 heavy (non-hydrogen) atoms. The molecule has 5 nitrogen and oxygen atoms in total. The van der Waals surface area contributed by atoms with Gasteiger partial charge in [0.25, 0.3) is 5.91 Å². The maximum Gasteiger partial charge on any atom is 0.314 e. The standard InChI is InChI=1S/C15H19ClN2O3/c1-4-9(2)12-13(19)21-15(12,3)14(20)18-8-10-5-6-17-11(16)7-10/h5-7,9,12H,4,8H2,1-3H3,(H,18,20)/t9-,12-,15-/m0/s1. The Morgan fingerprint density at radius 2 is 2.33 bits per heavy atom. The van der Waals surface area contributed by atoms with Crippen LogP contribution in [0.15, 0.2) is 18.3 Å². The number of ether oxygens (including phenoxy) is 1. The van der Waals surface area contributed by atoms with Crippen molar-refractivity contribution >= 4 is 23.5 Å². The number of amides is 1. The second-order valence-electron chi connectivity index (χ2n) is 5.56. The summed E-state index contributed by atoms with van der Waals surface area (Å²) < 4.78 is 5.15. The van der Waals surface area contributed by atoms with Crippen LogP contribution in [0, 0.1) is 11.8 Å². The molecule has 0 spiro atoms. The summed E-state index contributed by atoms with van der Waals surface area (Å²) in [6.45, 7) is 5.94. The molecular weight excluding hydrogens is 292 g/mol. The number of aromatic nitrogens is 1. The second kappa shape index (κ2) is 6.02. The molecule has 1 saturated heterocycles. The van der Waals surface area contributed by atoms with E-state index in [-0.39, 0.29) is 23.7 Å². The van der Waals surface area contributed by atoms with E-state index in [9.17, 15) is 9.59 Å². The largest absolute Gasteiger partial charge is 0.448 e. The summed E-state index contributed by atoms with van der Waals surface area (Å²) in [4.78, 5) is 27.9. The summed E-state index contributed by atoms with van der Waals surface area (Å²) in [7, 11) is 0. The zero-order chi connectivity index (χ0) is 15.6. The zero-order valence-corrected chi connectivity index (χ0v) is 13.1. The van der Waals surface area contributed by atoms with Gasteiger partial charge in [-0.3, -0.25) is 9.59 Å². The van der Waals surface area contributed by atoms with Gasteiger partial charge in [0.1, 0.15) is 11.1 Å². The number of nitrogens with one attached hydrogen (secondary N) is 1. The molecule has 1 aliphatic rings. The third-order valence-corrected chi connectivity index (χ3v) is 4.27. The third kappa shape index (κ3) is 3.02. The maximum atomic E-state index is 12.3. The molecule has 2 heterocycles. The van der Waals surface area contributed by atoms with Crippen LogP contribution in [0.25, 0.3) is 0 Å². The summed E-state index contributed by atoms with van der Waals surface area (Å²) in [5, 5.41) is 3.17. The number of carbonyl (C=O) groups excluding carboxylic acids is 2. The lowest BCUT2D eigenvalue weighted by molar-refractivity contribution is -0.216. The van der Waals surface area contributed by atoms with Gasteiger partial charge < -0.3 is 10.1 Å². The molecule has 0 aromatic carbocycles. The number of esters is 1. The van der Waals surface area contributed by atoms with Gasteiger partial charge in [-0.15, -0.1) is 0 Å². The molecule has 1 fully saturated rings. The highest BCUT2D eigenvalue weighted by Gasteiger charge is 2.59. The van der Waals surface area contributed by atoms with Gasteiger partial charge in [0.05, 0.1) is 0 Å². The first-order valence-electron chi connectivity index (χ1n) is 7.00. The minimum Gasteiger partial charge on any atom is -0.448 e. The molecule has 0 unspecified atom stereocenters. The van der Waals surface area contributed by atoms with Crippen LogP contribution in [0.4, 0.5) is 0 Å². The van der Waals surface area contributed by atoms with Gasteiger partial charge in [-0.2, -0.15) is 0 Å². The average molecular weight is 311 g/mol. The molecule has 1 N–H and O–H groups in total. The first kappa shape index (κ1) is 15.8. The molecule has 1 aliphatic heterocycles. The van der Waals surface area contributed by atoms with Gasteiger partial charge >= 0.3 is 5.97 Å². The summed E-state index contributed by atoms with van der Waals surface area (Å²) in [5.74, 6) is -0.852. The monoisotopic (exact) mass is 310 g/mol. The van der Waals surface area contributed by atoms with Crippen molar-refractivity contribution in [1.29, 1.82) is 0 Å². The quantitative estimate of drug-likeness (QED) is 0.669. The topological polar surface area (TPSA) is 68.3 Å². The van der Waals surface area contributed by atoms with Gasteiger partial charge in [-0.25, -0.2) is 4.98 Å². The van der Waals surface area contributed by atoms with E-state index in [0.29, 0.717) is 11.7 Å². The van der Waals surface area contributed by atoms with Crippen LogP contribution < -0.4 is 5.32 Å². The van der Waals surface area contributed by atoms with E-state index in [4.69, 9.17) is 16.3 Å². The molecule has 0 saturated carbocycles. The van der Waals surface area contributed by atoms with Crippen molar-refractivity contribution in [2.75, 3.05) is 0 Å². The molecule has 1 amide bonds. The molecule has 1 aromatic rings. The Balaban J connectivity index is 2.01. The van der Waals surface area contributed by atoms with Crippen LogP contribution in [0.2, 0.25) is 5.15 Å². The van der Waals surface area contributed by atoms with Gasteiger partial charge in [-0.1, -0.05) is 31.9 Å². The van der Waals surface area contributed by atoms with Gasteiger partial charge in [0.2, 0.25) is 5.60 Å². The highest BCUT2D eigenvalue weighted by atomic mass is 35.5. The lowest BCUT2D eigenvalue weighted by Crippen LogP contribution is -2.65. The number of hydrogen-bond acceptors (Lipinski definition) is 4. The predicted molar refractivity (Wildman–Crippen MR) is 78.5 cm³/mol. The molecule has 0 aliphatic carbocycles. The SMILES string of the molecule is CC[C@H](C)[C@H]1C(=O)O[C@]1(C)C(=O)NCc1ccnc(Cl)c1. The van der Waals surface area contributed by atoms with E-state index in [1.54, 1.807) is 25.3 Å². The van der Waals surface area contributed by atoms with Crippen molar-refractivity contribution < 1.29 is 14.3 Å². The average Bonchev–Trinajstić information content (AvgIpc) is 2.43. The third-order valence-electron chi connectivity index (χ3n) is 4.07. The summed E-state index contributed by atoms with van der Waals surface area (Å²) in [5.41, 5.74) is -0.235. The number of halogens is 1. The fraction of sp³-hybridized carbons (Fsp3) is 0.533. The fourth-order valence-electron chi connectivity index (χ4n) is 2.61. The van der Waals surface area contributed by atoms with E-state index < -0.39 is 5.60 Å². The summed E-state index contributed by atoms with van der Waals surface area (Å²) in [6.07, 6.45) is 2.40. The Bertz CT molecular complexity index is 564. The highest BCUT2D eigenvalue weighted by molar-refractivity contribution is 6.29. The van der Waals surface area contributed by atoms with E-state index in [0.717, 1.165) is 12.0 Å². The van der Waals surface area contributed by atoms with Crippen molar-refractivity contribution in [2.24, 2.45) is 11.8 Å². The van der Waals surface area contributed by atoms with Crippen molar-refractivity contribution in [1.82, 2.24) is 10.3 Å². The van der Waals surface area contributed by atoms with Crippen LogP contribution in [-0.2, 0) is 20.9 Å². The zero-order valence-electron chi connectivity index (χ0n) is 12.4. The molecule has 0 bridgehead atoms. The number of nitrogens with zero attached hydrogens (tertiary/aromatic N) is 1. The first-order valence-corrected chi connectivity index (χ1v) is 7.38. The van der Waals surface area contributed by atoms with Crippen LogP contribution in [0.3, 0.4) is 0 Å². The van der Waals surface area contributed by atoms with Crippen LogP contribution in [0.5, 0.6) is 0 Å². The Hall–Kier alpha value is -1.62. The molecule has 3 atom stereocenters. The van der Waals surface area contributed by atoms with Crippen molar-refractivity contribution in [3.05, 3.63) is 29.0 Å². The minimum absolute atomic E-state index is 0.109. The Labute approximate surface area is 129 Å². The summed E-state index contributed by atoms with van der Waals surface area (Å²) >= 11 is 5.80. The molecule has 1 aromatic heterocycles. The first-order chi connectivity index (χ1) is 9.88. The lowest BCUT2D eigenvalue weighted by Gasteiger charge is -2.46. The van der Waals surface area contributed by atoms with E-state index in [1.165, 1.54) is 0 Å². The number of pyridine rings is 1. The number of hydrogen-bond donors (Lipinski definition) is 1. The Kier molecular flexibility index (Phi) is 4.52.